The predicted octanol–water partition coefficient (Wildman–Crippen LogP) is 2.56. The van der Waals surface area contributed by atoms with Crippen LogP contribution in [0.4, 0.5) is 0 Å². The highest BCUT2D eigenvalue weighted by atomic mass is 16.3. The molecule has 102 valence electrons. The molecule has 0 fully saturated rings. The molecule has 2 rings (SSSR count). The van der Waals surface area contributed by atoms with E-state index in [0.717, 1.165) is 35.3 Å². The minimum Gasteiger partial charge on any atom is -0.379 e. The van der Waals surface area contributed by atoms with Gasteiger partial charge in [0, 0.05) is 6.54 Å². The molecule has 2 aromatic rings. The van der Waals surface area contributed by atoms with Crippen LogP contribution in [0.25, 0.3) is 0 Å². The molecular formula is C15H21N3O. The number of rotatable bonds is 4. The Morgan fingerprint density at radius 2 is 2.05 bits per heavy atom. The molecule has 1 aromatic carbocycles. The molecule has 0 aliphatic rings. The van der Waals surface area contributed by atoms with Gasteiger partial charge in [-0.15, -0.1) is 5.10 Å². The van der Waals surface area contributed by atoms with Gasteiger partial charge in [-0.1, -0.05) is 35.9 Å². The molecule has 4 nitrogen and oxygen atoms in total. The Kier molecular flexibility index (Phi) is 3.71. The molecule has 1 heterocycles. The van der Waals surface area contributed by atoms with E-state index in [0.29, 0.717) is 0 Å². The first kappa shape index (κ1) is 13.7. The van der Waals surface area contributed by atoms with Crippen LogP contribution in [0, 0.1) is 13.8 Å². The lowest BCUT2D eigenvalue weighted by atomic mass is 9.88. The molecule has 0 aliphatic heterocycles. The van der Waals surface area contributed by atoms with Crippen molar-refractivity contribution in [1.82, 2.24) is 15.0 Å². The quantitative estimate of drug-likeness (QED) is 0.918. The first-order valence-corrected chi connectivity index (χ1v) is 6.66. The van der Waals surface area contributed by atoms with Crippen LogP contribution < -0.4 is 0 Å². The summed E-state index contributed by atoms with van der Waals surface area (Å²) in [6, 6.07) is 6.11. The van der Waals surface area contributed by atoms with Gasteiger partial charge in [-0.3, -0.25) is 0 Å². The minimum absolute atomic E-state index is 0.739. The van der Waals surface area contributed by atoms with Crippen molar-refractivity contribution in [3.63, 3.8) is 0 Å². The summed E-state index contributed by atoms with van der Waals surface area (Å²) in [6.45, 7) is 8.69. The summed E-state index contributed by atoms with van der Waals surface area (Å²) in [5.74, 6) is 0. The Morgan fingerprint density at radius 1 is 1.32 bits per heavy atom. The average Bonchev–Trinajstić information content (AvgIpc) is 2.81. The largest absolute Gasteiger partial charge is 0.379 e. The first-order valence-electron chi connectivity index (χ1n) is 6.66. The van der Waals surface area contributed by atoms with Crippen LogP contribution in [-0.2, 0) is 12.1 Å². The third-order valence-electron chi connectivity index (χ3n) is 3.47. The maximum Gasteiger partial charge on any atom is 0.130 e. The van der Waals surface area contributed by atoms with E-state index in [2.05, 4.69) is 23.3 Å². The number of aliphatic hydroxyl groups is 1. The van der Waals surface area contributed by atoms with Gasteiger partial charge in [0.15, 0.2) is 0 Å². The van der Waals surface area contributed by atoms with Gasteiger partial charge in [-0.05, 0) is 38.3 Å². The number of hydrogen-bond donors (Lipinski definition) is 1. The molecule has 1 N–H and O–H groups in total. The molecule has 0 aliphatic carbocycles. The normalized spacial score (nSPS) is 14.4. The minimum atomic E-state index is -1.07. The Labute approximate surface area is 114 Å². The predicted molar refractivity (Wildman–Crippen MR) is 74.9 cm³/mol. The van der Waals surface area contributed by atoms with Crippen molar-refractivity contribution in [2.75, 3.05) is 0 Å². The molecule has 1 atom stereocenters. The van der Waals surface area contributed by atoms with E-state index in [1.54, 1.807) is 17.8 Å². The van der Waals surface area contributed by atoms with E-state index in [-0.39, 0.29) is 0 Å². The summed E-state index contributed by atoms with van der Waals surface area (Å²) >= 11 is 0. The van der Waals surface area contributed by atoms with E-state index in [9.17, 15) is 5.11 Å². The fraction of sp³-hybridized carbons (Fsp3) is 0.467. The number of nitrogens with zero attached hydrogens (tertiary/aromatic N) is 3. The molecular weight excluding hydrogens is 238 g/mol. The lowest BCUT2D eigenvalue weighted by Crippen LogP contribution is -2.28. The summed E-state index contributed by atoms with van der Waals surface area (Å²) in [6.07, 6.45) is 2.61. The second-order valence-electron chi connectivity index (χ2n) is 5.23. The molecule has 1 unspecified atom stereocenters. The van der Waals surface area contributed by atoms with Crippen LogP contribution in [0.5, 0.6) is 0 Å². The van der Waals surface area contributed by atoms with E-state index >= 15 is 0 Å². The summed E-state index contributed by atoms with van der Waals surface area (Å²) in [7, 11) is 0. The van der Waals surface area contributed by atoms with Crippen LogP contribution in [0.3, 0.4) is 0 Å². The Balaban J connectivity index is 2.51. The standard InChI is InChI=1S/C15H21N3O/c1-5-8-18-14(10-16-17-18)15(4,19)13-9-11(2)6-7-12(13)3/h6-7,9-10,19H,5,8H2,1-4H3. The monoisotopic (exact) mass is 259 g/mol. The molecule has 4 heteroatoms. The lowest BCUT2D eigenvalue weighted by molar-refractivity contribution is 0.0907. The maximum atomic E-state index is 11.0. The molecule has 0 spiro atoms. The fourth-order valence-electron chi connectivity index (χ4n) is 2.41. The molecule has 19 heavy (non-hydrogen) atoms. The van der Waals surface area contributed by atoms with E-state index in [1.807, 2.05) is 26.0 Å². The molecule has 0 saturated heterocycles. The molecule has 0 bridgehead atoms. The van der Waals surface area contributed by atoms with Crippen molar-refractivity contribution < 1.29 is 5.11 Å². The second-order valence-corrected chi connectivity index (χ2v) is 5.23. The van der Waals surface area contributed by atoms with Crippen molar-refractivity contribution >= 4 is 0 Å². The number of hydrogen-bond acceptors (Lipinski definition) is 3. The zero-order valence-corrected chi connectivity index (χ0v) is 12.0. The van der Waals surface area contributed by atoms with Gasteiger partial charge in [0.05, 0.1) is 11.9 Å². The zero-order valence-electron chi connectivity index (χ0n) is 12.0. The first-order chi connectivity index (χ1) is 8.96. The summed E-state index contributed by atoms with van der Waals surface area (Å²) < 4.78 is 1.78. The van der Waals surface area contributed by atoms with Crippen LogP contribution in [0.2, 0.25) is 0 Å². The van der Waals surface area contributed by atoms with E-state index in [1.165, 1.54) is 0 Å². The van der Waals surface area contributed by atoms with Gasteiger partial charge in [0.2, 0.25) is 0 Å². The molecule has 0 saturated carbocycles. The Bertz CT molecular complexity index is 573. The number of aromatic nitrogens is 3. The van der Waals surface area contributed by atoms with Gasteiger partial charge in [-0.2, -0.15) is 0 Å². The topological polar surface area (TPSA) is 50.9 Å². The van der Waals surface area contributed by atoms with E-state index in [4.69, 9.17) is 0 Å². The van der Waals surface area contributed by atoms with E-state index < -0.39 is 5.60 Å². The van der Waals surface area contributed by atoms with Gasteiger partial charge < -0.3 is 5.11 Å². The van der Waals surface area contributed by atoms with Crippen molar-refractivity contribution in [2.45, 2.75) is 46.3 Å². The lowest BCUT2D eigenvalue weighted by Gasteiger charge is -2.26. The van der Waals surface area contributed by atoms with Crippen molar-refractivity contribution in [3.05, 3.63) is 46.8 Å². The van der Waals surface area contributed by atoms with Gasteiger partial charge >= 0.3 is 0 Å². The summed E-state index contributed by atoms with van der Waals surface area (Å²) in [4.78, 5) is 0. The van der Waals surface area contributed by atoms with Crippen molar-refractivity contribution in [3.8, 4) is 0 Å². The van der Waals surface area contributed by atoms with Crippen LogP contribution in [0.1, 0.15) is 42.7 Å². The van der Waals surface area contributed by atoms with Crippen molar-refractivity contribution in [2.24, 2.45) is 0 Å². The number of benzene rings is 1. The van der Waals surface area contributed by atoms with Crippen LogP contribution in [-0.4, -0.2) is 20.1 Å². The Hall–Kier alpha value is -1.68. The van der Waals surface area contributed by atoms with Gasteiger partial charge in [0.25, 0.3) is 0 Å². The molecule has 1 aromatic heterocycles. The average molecular weight is 259 g/mol. The summed E-state index contributed by atoms with van der Waals surface area (Å²) in [5, 5.41) is 19.0. The fourth-order valence-corrected chi connectivity index (χ4v) is 2.41. The molecule has 0 radical (unpaired) electrons. The third-order valence-corrected chi connectivity index (χ3v) is 3.47. The van der Waals surface area contributed by atoms with Gasteiger partial charge in [-0.25, -0.2) is 4.68 Å². The van der Waals surface area contributed by atoms with Gasteiger partial charge in [0.1, 0.15) is 5.60 Å². The molecule has 0 amide bonds. The number of aryl methyl sites for hydroxylation is 3. The zero-order chi connectivity index (χ0) is 14.0. The van der Waals surface area contributed by atoms with Crippen molar-refractivity contribution in [1.29, 1.82) is 0 Å². The highest BCUT2D eigenvalue weighted by molar-refractivity contribution is 5.39. The Morgan fingerprint density at radius 3 is 2.74 bits per heavy atom. The highest BCUT2D eigenvalue weighted by Crippen LogP contribution is 2.31. The smallest absolute Gasteiger partial charge is 0.130 e. The SMILES string of the molecule is CCCn1nncc1C(C)(O)c1cc(C)ccc1C. The third kappa shape index (κ3) is 2.54. The highest BCUT2D eigenvalue weighted by Gasteiger charge is 2.31. The summed E-state index contributed by atoms with van der Waals surface area (Å²) in [5.41, 5.74) is 2.78. The maximum absolute atomic E-state index is 11.0. The second kappa shape index (κ2) is 5.13. The van der Waals surface area contributed by atoms with Crippen LogP contribution >= 0.6 is 0 Å². The van der Waals surface area contributed by atoms with Crippen LogP contribution in [0.15, 0.2) is 24.4 Å².